The van der Waals surface area contributed by atoms with Crippen LogP contribution in [-0.4, -0.2) is 35.5 Å². The molecule has 2 heterocycles. The van der Waals surface area contributed by atoms with Gasteiger partial charge in [0.15, 0.2) is 6.10 Å². The molecule has 1 atom stereocenters. The number of carbonyl (C=O) groups is 3. The van der Waals surface area contributed by atoms with E-state index in [0.29, 0.717) is 27.5 Å². The maximum absolute atomic E-state index is 12.8. The number of nitrogens with one attached hydrogen (secondary N) is 2. The topological polar surface area (TPSA) is 97.4 Å². The van der Waals surface area contributed by atoms with Crippen LogP contribution in [0.3, 0.4) is 0 Å². The third-order valence-corrected chi connectivity index (χ3v) is 5.24. The quantitative estimate of drug-likeness (QED) is 0.595. The Kier molecular flexibility index (Phi) is 6.46. The van der Waals surface area contributed by atoms with Gasteiger partial charge in [0.05, 0.1) is 26.0 Å². The number of esters is 1. The molecule has 3 aromatic rings. The summed E-state index contributed by atoms with van der Waals surface area (Å²) in [6, 6.07) is 11.7. The molecule has 3 amide bonds. The van der Waals surface area contributed by atoms with E-state index >= 15 is 0 Å². The van der Waals surface area contributed by atoms with Crippen molar-refractivity contribution in [1.82, 2.24) is 15.6 Å². The van der Waals surface area contributed by atoms with Crippen molar-refractivity contribution in [1.29, 1.82) is 0 Å². The molecule has 2 N–H and O–H groups in total. The molecular formula is C20H18ClN3O4S. The lowest BCUT2D eigenvalue weighted by Gasteiger charge is -2.14. The van der Waals surface area contributed by atoms with E-state index in [4.69, 9.17) is 16.3 Å². The Labute approximate surface area is 176 Å². The van der Waals surface area contributed by atoms with Crippen LogP contribution < -0.4 is 10.6 Å². The van der Waals surface area contributed by atoms with Crippen molar-refractivity contribution in [3.8, 4) is 10.6 Å². The molecular weight excluding hydrogens is 414 g/mol. The number of amides is 3. The van der Waals surface area contributed by atoms with Crippen molar-refractivity contribution in [3.05, 3.63) is 52.4 Å². The Morgan fingerprint density at radius 1 is 1.21 bits per heavy atom. The average molecular weight is 432 g/mol. The summed E-state index contributed by atoms with van der Waals surface area (Å²) in [7, 11) is 0. The zero-order valence-corrected chi connectivity index (χ0v) is 17.3. The van der Waals surface area contributed by atoms with Crippen molar-refractivity contribution < 1.29 is 19.1 Å². The molecule has 0 aliphatic carbocycles. The maximum atomic E-state index is 12.8. The fourth-order valence-electron chi connectivity index (χ4n) is 2.62. The van der Waals surface area contributed by atoms with Crippen LogP contribution in [0.1, 0.15) is 24.2 Å². The maximum Gasteiger partial charge on any atom is 0.339 e. The van der Waals surface area contributed by atoms with E-state index in [1.54, 1.807) is 37.3 Å². The molecule has 29 heavy (non-hydrogen) atoms. The summed E-state index contributed by atoms with van der Waals surface area (Å²) >= 11 is 7.36. The van der Waals surface area contributed by atoms with Gasteiger partial charge in [0.2, 0.25) is 0 Å². The van der Waals surface area contributed by atoms with Crippen molar-refractivity contribution in [2.45, 2.75) is 20.0 Å². The van der Waals surface area contributed by atoms with Crippen LogP contribution >= 0.6 is 22.9 Å². The van der Waals surface area contributed by atoms with Crippen LogP contribution in [0.2, 0.25) is 4.34 Å². The van der Waals surface area contributed by atoms with E-state index < -0.39 is 24.0 Å². The van der Waals surface area contributed by atoms with Gasteiger partial charge in [-0.05, 0) is 38.1 Å². The number of carbonyl (C=O) groups excluding carboxylic acids is 3. The summed E-state index contributed by atoms with van der Waals surface area (Å²) in [5, 5.41) is 5.16. The second-order valence-corrected chi connectivity index (χ2v) is 7.79. The number of rotatable bonds is 5. The first-order chi connectivity index (χ1) is 13.9. The lowest BCUT2D eigenvalue weighted by atomic mass is 10.1. The Hall–Kier alpha value is -2.97. The molecule has 9 heteroatoms. The highest BCUT2D eigenvalue weighted by molar-refractivity contribution is 7.19. The number of ether oxygens (including phenoxy) is 1. The lowest BCUT2D eigenvalue weighted by Crippen LogP contribution is -2.44. The summed E-state index contributed by atoms with van der Waals surface area (Å²) in [6.45, 7) is 3.49. The van der Waals surface area contributed by atoms with Crippen molar-refractivity contribution in [2.75, 3.05) is 6.54 Å². The second kappa shape index (κ2) is 9.02. The molecule has 3 rings (SSSR count). The number of benzene rings is 1. The van der Waals surface area contributed by atoms with Gasteiger partial charge in [-0.1, -0.05) is 29.8 Å². The molecule has 2 aromatic heterocycles. The van der Waals surface area contributed by atoms with E-state index in [-0.39, 0.29) is 5.56 Å². The summed E-state index contributed by atoms with van der Waals surface area (Å²) < 4.78 is 5.91. The first kappa shape index (κ1) is 20.8. The highest BCUT2D eigenvalue weighted by atomic mass is 35.5. The van der Waals surface area contributed by atoms with Gasteiger partial charge in [0.1, 0.15) is 0 Å². The fourth-order valence-corrected chi connectivity index (χ4v) is 3.62. The summed E-state index contributed by atoms with van der Waals surface area (Å²) in [6.07, 6.45) is -1.16. The number of pyridine rings is 1. The van der Waals surface area contributed by atoms with Crippen molar-refractivity contribution in [3.63, 3.8) is 0 Å². The molecule has 7 nitrogen and oxygen atoms in total. The molecule has 0 aliphatic rings. The summed E-state index contributed by atoms with van der Waals surface area (Å²) in [5.41, 5.74) is 1.46. The first-order valence-electron chi connectivity index (χ1n) is 8.84. The number of nitrogens with zero attached hydrogens (tertiary/aromatic N) is 1. The molecule has 0 fully saturated rings. The molecule has 150 valence electrons. The monoisotopic (exact) mass is 431 g/mol. The zero-order valence-electron chi connectivity index (χ0n) is 15.7. The van der Waals surface area contributed by atoms with Gasteiger partial charge in [0.25, 0.3) is 5.91 Å². The molecule has 0 spiro atoms. The van der Waals surface area contributed by atoms with Crippen LogP contribution in [0.25, 0.3) is 21.5 Å². The van der Waals surface area contributed by atoms with Gasteiger partial charge in [-0.3, -0.25) is 10.1 Å². The molecule has 0 radical (unpaired) electrons. The molecule has 1 aromatic carbocycles. The predicted octanol–water partition coefficient (Wildman–Crippen LogP) is 4.01. The number of urea groups is 1. The van der Waals surface area contributed by atoms with Crippen LogP contribution in [-0.2, 0) is 9.53 Å². The third-order valence-electron chi connectivity index (χ3n) is 3.99. The second-order valence-electron chi connectivity index (χ2n) is 6.07. The molecule has 0 bridgehead atoms. The highest BCUT2D eigenvalue weighted by Crippen LogP contribution is 2.32. The Morgan fingerprint density at radius 3 is 2.66 bits per heavy atom. The SMILES string of the molecule is CCNC(=O)NC(=O)[C@H](C)OC(=O)c1cc(-c2ccc(Cl)s2)nc2ccccc12. The Morgan fingerprint density at radius 2 is 1.97 bits per heavy atom. The number of thiophene rings is 1. The number of halogens is 1. The van der Waals surface area contributed by atoms with E-state index in [2.05, 4.69) is 15.6 Å². The van der Waals surface area contributed by atoms with Crippen LogP contribution in [0, 0.1) is 0 Å². The fraction of sp³-hybridized carbons (Fsp3) is 0.200. The highest BCUT2D eigenvalue weighted by Gasteiger charge is 2.23. The zero-order chi connectivity index (χ0) is 21.0. The van der Waals surface area contributed by atoms with Crippen molar-refractivity contribution >= 4 is 51.7 Å². The predicted molar refractivity (Wildman–Crippen MR) is 112 cm³/mol. The smallest absolute Gasteiger partial charge is 0.339 e. The Balaban J connectivity index is 1.88. The number of hydrogen-bond donors (Lipinski definition) is 2. The van der Waals surface area contributed by atoms with Gasteiger partial charge in [-0.15, -0.1) is 11.3 Å². The van der Waals surface area contributed by atoms with Crippen LogP contribution in [0.4, 0.5) is 4.79 Å². The van der Waals surface area contributed by atoms with E-state index in [1.807, 2.05) is 12.1 Å². The van der Waals surface area contributed by atoms with Gasteiger partial charge < -0.3 is 10.1 Å². The van der Waals surface area contributed by atoms with E-state index in [9.17, 15) is 14.4 Å². The number of para-hydroxylation sites is 1. The molecule has 0 saturated heterocycles. The Bertz CT molecular complexity index is 1080. The molecule has 0 unspecified atom stereocenters. The minimum atomic E-state index is -1.16. The van der Waals surface area contributed by atoms with E-state index in [1.165, 1.54) is 18.3 Å². The number of fused-ring (bicyclic) bond motifs is 1. The number of aromatic nitrogens is 1. The normalized spacial score (nSPS) is 11.7. The van der Waals surface area contributed by atoms with Crippen molar-refractivity contribution in [2.24, 2.45) is 0 Å². The van der Waals surface area contributed by atoms with Gasteiger partial charge in [-0.25, -0.2) is 14.6 Å². The van der Waals surface area contributed by atoms with Gasteiger partial charge >= 0.3 is 12.0 Å². The lowest BCUT2D eigenvalue weighted by molar-refractivity contribution is -0.127. The number of hydrogen-bond acceptors (Lipinski definition) is 6. The largest absolute Gasteiger partial charge is 0.449 e. The standard InChI is InChI=1S/C20H18ClN3O4S/c1-3-22-20(27)24-18(25)11(2)28-19(26)13-10-15(16-8-9-17(21)29-16)23-14-7-5-4-6-12(13)14/h4-11H,3H2,1-2H3,(H2,22,24,25,27)/t11-/m0/s1. The minimum Gasteiger partial charge on any atom is -0.449 e. The average Bonchev–Trinajstić information content (AvgIpc) is 3.13. The minimum absolute atomic E-state index is 0.271. The third kappa shape index (κ3) is 4.90. The first-order valence-corrected chi connectivity index (χ1v) is 10.0. The van der Waals surface area contributed by atoms with E-state index in [0.717, 1.165) is 4.88 Å². The van der Waals surface area contributed by atoms with Gasteiger partial charge in [0, 0.05) is 11.9 Å². The van der Waals surface area contributed by atoms with Crippen LogP contribution in [0.15, 0.2) is 42.5 Å². The molecule has 0 saturated carbocycles. The summed E-state index contributed by atoms with van der Waals surface area (Å²) in [5.74, 6) is -1.40. The van der Waals surface area contributed by atoms with Gasteiger partial charge in [-0.2, -0.15) is 0 Å². The summed E-state index contributed by atoms with van der Waals surface area (Å²) in [4.78, 5) is 41.8. The molecule has 0 aliphatic heterocycles. The number of imide groups is 1. The van der Waals surface area contributed by atoms with Crippen LogP contribution in [0.5, 0.6) is 0 Å².